The molecule has 0 spiro atoms. The van der Waals surface area contributed by atoms with E-state index < -0.39 is 18.3 Å². The fourth-order valence-electron chi connectivity index (χ4n) is 2.81. The first-order valence-corrected chi connectivity index (χ1v) is 9.96. The number of alkyl carbamates (subject to hydrolysis) is 1. The van der Waals surface area contributed by atoms with Gasteiger partial charge in [0.1, 0.15) is 25.0 Å². The molecular weight excluding hydrogens is 408 g/mol. The van der Waals surface area contributed by atoms with E-state index in [0.717, 1.165) is 16.7 Å². The molecule has 0 heterocycles. The molecule has 7 heteroatoms. The van der Waals surface area contributed by atoms with E-state index in [1.54, 1.807) is 24.3 Å². The molecule has 0 bridgehead atoms. The summed E-state index contributed by atoms with van der Waals surface area (Å²) in [6.07, 6.45) is -1.20. The van der Waals surface area contributed by atoms with Crippen molar-refractivity contribution < 1.29 is 23.8 Å². The molecular formula is C25H22N2O5. The molecule has 0 aliphatic rings. The minimum atomic E-state index is -0.806. The van der Waals surface area contributed by atoms with E-state index in [2.05, 4.69) is 5.32 Å². The van der Waals surface area contributed by atoms with Crippen molar-refractivity contribution in [3.63, 3.8) is 0 Å². The lowest BCUT2D eigenvalue weighted by atomic mass is 10.1. The molecule has 0 aliphatic heterocycles. The summed E-state index contributed by atoms with van der Waals surface area (Å²) < 4.78 is 15.4. The third-order valence-corrected chi connectivity index (χ3v) is 4.42. The minimum absolute atomic E-state index is 0.119. The largest absolute Gasteiger partial charge is 0.514 e. The normalized spacial score (nSPS) is 11.0. The van der Waals surface area contributed by atoms with Crippen LogP contribution < -0.4 is 10.1 Å². The number of nitrogens with one attached hydrogen (secondary N) is 1. The van der Waals surface area contributed by atoms with Gasteiger partial charge in [-0.15, -0.1) is 0 Å². The highest BCUT2D eigenvalue weighted by Gasteiger charge is 2.14. The van der Waals surface area contributed by atoms with Crippen molar-refractivity contribution in [3.8, 4) is 11.8 Å². The second kappa shape index (κ2) is 11.8. The Labute approximate surface area is 186 Å². The average molecular weight is 430 g/mol. The van der Waals surface area contributed by atoms with Crippen LogP contribution >= 0.6 is 0 Å². The molecule has 162 valence electrons. The van der Waals surface area contributed by atoms with Gasteiger partial charge < -0.3 is 19.5 Å². The summed E-state index contributed by atoms with van der Waals surface area (Å²) in [5.74, 6) is 0.315. The van der Waals surface area contributed by atoms with Gasteiger partial charge in [0.15, 0.2) is 0 Å². The van der Waals surface area contributed by atoms with Crippen LogP contribution in [0, 0.1) is 11.3 Å². The zero-order valence-electron chi connectivity index (χ0n) is 17.3. The first-order valence-electron chi connectivity index (χ1n) is 9.96. The summed E-state index contributed by atoms with van der Waals surface area (Å²) in [7, 11) is 0. The smallest absolute Gasteiger partial charge is 0.445 e. The topological polar surface area (TPSA) is 97.6 Å². The van der Waals surface area contributed by atoms with Gasteiger partial charge in [0.05, 0.1) is 6.07 Å². The Balaban J connectivity index is 1.43. The minimum Gasteiger partial charge on any atom is -0.445 e. The molecule has 0 fully saturated rings. The summed E-state index contributed by atoms with van der Waals surface area (Å²) in [5, 5.41) is 11.9. The summed E-state index contributed by atoms with van der Waals surface area (Å²) in [5.41, 5.74) is 2.50. The Morgan fingerprint density at radius 1 is 0.781 bits per heavy atom. The van der Waals surface area contributed by atoms with Crippen LogP contribution in [0.3, 0.4) is 0 Å². The number of hydrogen-bond donors (Lipinski definition) is 1. The molecule has 3 aromatic carbocycles. The van der Waals surface area contributed by atoms with E-state index in [0.29, 0.717) is 5.75 Å². The Bertz CT molecular complexity index is 1050. The van der Waals surface area contributed by atoms with E-state index in [1.165, 1.54) is 0 Å². The molecule has 0 aliphatic carbocycles. The number of carbonyl (C=O) groups is 2. The lowest BCUT2D eigenvalue weighted by Gasteiger charge is -2.12. The molecule has 0 radical (unpaired) electrons. The quantitative estimate of drug-likeness (QED) is 0.409. The van der Waals surface area contributed by atoms with Crippen molar-refractivity contribution in [2.75, 3.05) is 0 Å². The molecule has 0 aromatic heterocycles. The second-order valence-electron chi connectivity index (χ2n) is 6.86. The number of hydrogen-bond acceptors (Lipinski definition) is 6. The third-order valence-electron chi connectivity index (χ3n) is 4.42. The maximum absolute atomic E-state index is 12.0. The molecule has 0 saturated carbocycles. The summed E-state index contributed by atoms with van der Waals surface area (Å²) in [4.78, 5) is 23.8. The fraction of sp³-hybridized carbons (Fsp3) is 0.160. The number of nitriles is 1. The van der Waals surface area contributed by atoms with Gasteiger partial charge in [-0.05, 0) is 28.8 Å². The van der Waals surface area contributed by atoms with Crippen molar-refractivity contribution in [2.24, 2.45) is 0 Å². The zero-order chi connectivity index (χ0) is 22.6. The summed E-state index contributed by atoms with van der Waals surface area (Å²) in [6, 6.07) is 26.4. The number of rotatable bonds is 8. The van der Waals surface area contributed by atoms with E-state index in [1.807, 2.05) is 66.7 Å². The maximum atomic E-state index is 12.0. The Kier molecular flexibility index (Phi) is 8.23. The van der Waals surface area contributed by atoms with Gasteiger partial charge in [0.25, 0.3) is 0 Å². The number of benzene rings is 3. The molecule has 1 amide bonds. The molecule has 3 aromatic rings. The third kappa shape index (κ3) is 7.50. The van der Waals surface area contributed by atoms with Gasteiger partial charge >= 0.3 is 12.2 Å². The highest BCUT2D eigenvalue weighted by molar-refractivity contribution is 5.68. The molecule has 7 nitrogen and oxygen atoms in total. The zero-order valence-corrected chi connectivity index (χ0v) is 17.3. The maximum Gasteiger partial charge on any atom is 0.514 e. The van der Waals surface area contributed by atoms with Crippen LogP contribution in [0.4, 0.5) is 9.59 Å². The Hall–Kier alpha value is -4.31. The monoisotopic (exact) mass is 430 g/mol. The van der Waals surface area contributed by atoms with Crippen LogP contribution in [0.2, 0.25) is 0 Å². The molecule has 1 atom stereocenters. The second-order valence-corrected chi connectivity index (χ2v) is 6.86. The number of amides is 1. The fourth-order valence-corrected chi connectivity index (χ4v) is 2.81. The van der Waals surface area contributed by atoms with Gasteiger partial charge in [-0.3, -0.25) is 0 Å². The van der Waals surface area contributed by atoms with E-state index in [9.17, 15) is 14.9 Å². The molecule has 1 unspecified atom stereocenters. The Morgan fingerprint density at radius 2 is 1.34 bits per heavy atom. The van der Waals surface area contributed by atoms with Gasteiger partial charge in [0, 0.05) is 6.42 Å². The summed E-state index contributed by atoms with van der Waals surface area (Å²) >= 11 is 0. The van der Waals surface area contributed by atoms with Crippen molar-refractivity contribution in [3.05, 3.63) is 102 Å². The standard InChI is InChI=1S/C25H22N2O5/c26-16-22(27-24(28)30-17-20-7-3-1-4-8-20)15-19-11-13-23(14-12-19)32-25(29)31-18-21-9-5-2-6-10-21/h1-14,22H,15,17-18H2,(H,27,28). The van der Waals surface area contributed by atoms with E-state index in [-0.39, 0.29) is 19.6 Å². The number of carbonyl (C=O) groups excluding carboxylic acids is 2. The van der Waals surface area contributed by atoms with Crippen LogP contribution in [0.1, 0.15) is 16.7 Å². The number of ether oxygens (including phenoxy) is 3. The van der Waals surface area contributed by atoms with Gasteiger partial charge in [-0.1, -0.05) is 72.8 Å². The lowest BCUT2D eigenvalue weighted by Crippen LogP contribution is -2.35. The lowest BCUT2D eigenvalue weighted by molar-refractivity contribution is 0.0927. The highest BCUT2D eigenvalue weighted by Crippen LogP contribution is 2.15. The van der Waals surface area contributed by atoms with Gasteiger partial charge in [-0.25, -0.2) is 9.59 Å². The van der Waals surface area contributed by atoms with E-state index >= 15 is 0 Å². The van der Waals surface area contributed by atoms with Crippen LogP contribution in [0.25, 0.3) is 0 Å². The van der Waals surface area contributed by atoms with Crippen molar-refractivity contribution in [2.45, 2.75) is 25.7 Å². The number of nitrogens with zero attached hydrogens (tertiary/aromatic N) is 1. The van der Waals surface area contributed by atoms with Gasteiger partial charge in [0.2, 0.25) is 0 Å². The first kappa shape index (κ1) is 22.4. The van der Waals surface area contributed by atoms with Crippen molar-refractivity contribution in [1.82, 2.24) is 5.32 Å². The molecule has 0 saturated heterocycles. The first-order chi connectivity index (χ1) is 15.6. The predicted molar refractivity (Wildman–Crippen MR) is 117 cm³/mol. The van der Waals surface area contributed by atoms with Crippen LogP contribution in [0.15, 0.2) is 84.9 Å². The molecule has 1 N–H and O–H groups in total. The molecule has 3 rings (SSSR count). The SMILES string of the molecule is N#CC(Cc1ccc(OC(=O)OCc2ccccc2)cc1)NC(=O)OCc1ccccc1. The van der Waals surface area contributed by atoms with Crippen LogP contribution in [0.5, 0.6) is 5.75 Å². The predicted octanol–water partition coefficient (Wildman–Crippen LogP) is 4.76. The van der Waals surface area contributed by atoms with Gasteiger partial charge in [-0.2, -0.15) is 5.26 Å². The van der Waals surface area contributed by atoms with Crippen LogP contribution in [-0.4, -0.2) is 18.3 Å². The van der Waals surface area contributed by atoms with Crippen molar-refractivity contribution >= 4 is 12.2 Å². The molecule has 32 heavy (non-hydrogen) atoms. The average Bonchev–Trinajstić information content (AvgIpc) is 2.83. The Morgan fingerprint density at radius 3 is 1.91 bits per heavy atom. The summed E-state index contributed by atoms with van der Waals surface area (Å²) in [6.45, 7) is 0.241. The van der Waals surface area contributed by atoms with E-state index in [4.69, 9.17) is 14.2 Å². The van der Waals surface area contributed by atoms with Crippen LogP contribution in [-0.2, 0) is 29.1 Å². The highest BCUT2D eigenvalue weighted by atomic mass is 16.7. The van der Waals surface area contributed by atoms with Crippen molar-refractivity contribution in [1.29, 1.82) is 5.26 Å².